The Kier molecular flexibility index (Phi) is 3.46. The van der Waals surface area contributed by atoms with E-state index in [2.05, 4.69) is 0 Å². The lowest BCUT2D eigenvalue weighted by molar-refractivity contribution is 0.103. The van der Waals surface area contributed by atoms with Gasteiger partial charge in [-0.2, -0.15) is 0 Å². The Labute approximate surface area is 108 Å². The number of carbonyl (C=O) groups is 1. The molecule has 0 fully saturated rings. The molecule has 17 heavy (non-hydrogen) atoms. The van der Waals surface area contributed by atoms with Crippen molar-refractivity contribution in [3.63, 3.8) is 0 Å². The number of hydrogen-bond donors (Lipinski definition) is 0. The van der Waals surface area contributed by atoms with E-state index in [1.807, 2.05) is 0 Å². The fourth-order valence-electron chi connectivity index (χ4n) is 1.44. The van der Waals surface area contributed by atoms with Crippen molar-refractivity contribution >= 4 is 29.0 Å². The first-order valence-corrected chi connectivity index (χ1v) is 5.59. The lowest BCUT2D eigenvalue weighted by Crippen LogP contribution is -2.03. The molecule has 0 saturated carbocycles. The first-order chi connectivity index (χ1) is 8.09. The summed E-state index contributed by atoms with van der Waals surface area (Å²) in [6.07, 6.45) is 0. The zero-order valence-electron chi connectivity index (χ0n) is 8.58. The standard InChI is InChI=1S/C13H7Cl2FO/c14-10-6-5-8(7-11(10)15)13(17)9-3-1-2-4-12(9)16/h1-7H. The number of benzene rings is 2. The summed E-state index contributed by atoms with van der Waals surface area (Å²) in [6.45, 7) is 0. The van der Waals surface area contributed by atoms with Gasteiger partial charge in [0, 0.05) is 5.56 Å². The molecule has 0 aliphatic carbocycles. The van der Waals surface area contributed by atoms with E-state index in [1.165, 1.54) is 36.4 Å². The second kappa shape index (κ2) is 4.86. The zero-order valence-corrected chi connectivity index (χ0v) is 10.1. The van der Waals surface area contributed by atoms with E-state index in [4.69, 9.17) is 23.2 Å². The molecule has 0 amide bonds. The van der Waals surface area contributed by atoms with Crippen molar-refractivity contribution in [3.8, 4) is 0 Å². The molecule has 0 N–H and O–H groups in total. The van der Waals surface area contributed by atoms with Crippen LogP contribution >= 0.6 is 23.2 Å². The van der Waals surface area contributed by atoms with Crippen LogP contribution in [0.15, 0.2) is 42.5 Å². The Hall–Kier alpha value is -1.38. The van der Waals surface area contributed by atoms with E-state index < -0.39 is 11.6 Å². The molecule has 0 aliphatic heterocycles. The fourth-order valence-corrected chi connectivity index (χ4v) is 1.74. The third-order valence-corrected chi connectivity index (χ3v) is 3.04. The van der Waals surface area contributed by atoms with Gasteiger partial charge in [-0.15, -0.1) is 0 Å². The molecule has 86 valence electrons. The van der Waals surface area contributed by atoms with Crippen LogP contribution in [0.3, 0.4) is 0 Å². The van der Waals surface area contributed by atoms with Crippen LogP contribution in [-0.4, -0.2) is 5.78 Å². The summed E-state index contributed by atoms with van der Waals surface area (Å²) in [6, 6.07) is 10.3. The average Bonchev–Trinajstić information content (AvgIpc) is 2.32. The lowest BCUT2D eigenvalue weighted by atomic mass is 10.0. The molecule has 4 heteroatoms. The first-order valence-electron chi connectivity index (χ1n) is 4.84. The Morgan fingerprint density at radius 2 is 1.71 bits per heavy atom. The van der Waals surface area contributed by atoms with E-state index >= 15 is 0 Å². The first kappa shape index (κ1) is 12.1. The molecule has 0 bridgehead atoms. The van der Waals surface area contributed by atoms with Gasteiger partial charge in [0.15, 0.2) is 5.78 Å². The summed E-state index contributed by atoms with van der Waals surface area (Å²) in [4.78, 5) is 12.0. The monoisotopic (exact) mass is 268 g/mol. The summed E-state index contributed by atoms with van der Waals surface area (Å²) in [5, 5.41) is 0.630. The number of ketones is 1. The zero-order chi connectivity index (χ0) is 12.4. The van der Waals surface area contributed by atoms with Crippen LogP contribution in [0.5, 0.6) is 0 Å². The highest BCUT2D eigenvalue weighted by Crippen LogP contribution is 2.24. The SMILES string of the molecule is O=C(c1ccc(Cl)c(Cl)c1)c1ccccc1F. The molecule has 0 aromatic heterocycles. The summed E-state index contributed by atoms with van der Waals surface area (Å²) >= 11 is 11.6. The van der Waals surface area contributed by atoms with Gasteiger partial charge in [0.05, 0.1) is 15.6 Å². The topological polar surface area (TPSA) is 17.1 Å². The van der Waals surface area contributed by atoms with Crippen molar-refractivity contribution in [3.05, 3.63) is 69.5 Å². The molecule has 2 rings (SSSR count). The molecule has 2 aromatic rings. The minimum absolute atomic E-state index is 0.0193. The van der Waals surface area contributed by atoms with Gasteiger partial charge in [0.1, 0.15) is 5.82 Å². The maximum Gasteiger partial charge on any atom is 0.196 e. The summed E-state index contributed by atoms with van der Waals surface area (Å²) in [5.41, 5.74) is 0.329. The van der Waals surface area contributed by atoms with Crippen LogP contribution in [0.1, 0.15) is 15.9 Å². The van der Waals surface area contributed by atoms with Crippen LogP contribution in [-0.2, 0) is 0 Å². The summed E-state index contributed by atoms with van der Waals surface area (Å²) < 4.78 is 13.4. The Morgan fingerprint density at radius 1 is 1.00 bits per heavy atom. The van der Waals surface area contributed by atoms with Crippen LogP contribution < -0.4 is 0 Å². The van der Waals surface area contributed by atoms with Crippen LogP contribution in [0.25, 0.3) is 0 Å². The minimum Gasteiger partial charge on any atom is -0.288 e. The normalized spacial score (nSPS) is 10.3. The van der Waals surface area contributed by atoms with Gasteiger partial charge < -0.3 is 0 Å². The van der Waals surface area contributed by atoms with Gasteiger partial charge in [-0.05, 0) is 30.3 Å². The van der Waals surface area contributed by atoms with Crippen molar-refractivity contribution in [1.29, 1.82) is 0 Å². The van der Waals surface area contributed by atoms with Crippen molar-refractivity contribution in [2.75, 3.05) is 0 Å². The lowest BCUT2D eigenvalue weighted by Gasteiger charge is -2.03. The van der Waals surface area contributed by atoms with Crippen LogP contribution in [0.2, 0.25) is 10.0 Å². The Morgan fingerprint density at radius 3 is 2.35 bits per heavy atom. The van der Waals surface area contributed by atoms with Gasteiger partial charge in [-0.1, -0.05) is 35.3 Å². The summed E-state index contributed by atoms with van der Waals surface area (Å²) in [7, 11) is 0. The molecule has 0 saturated heterocycles. The second-order valence-corrected chi connectivity index (χ2v) is 4.25. The molecule has 0 spiro atoms. The molecule has 2 aromatic carbocycles. The smallest absolute Gasteiger partial charge is 0.196 e. The molecule has 0 aliphatic rings. The van der Waals surface area contributed by atoms with E-state index in [-0.39, 0.29) is 10.6 Å². The van der Waals surface area contributed by atoms with Crippen molar-refractivity contribution < 1.29 is 9.18 Å². The summed E-state index contributed by atoms with van der Waals surface area (Å²) in [5.74, 6) is -0.967. The van der Waals surface area contributed by atoms with Crippen LogP contribution in [0, 0.1) is 5.82 Å². The van der Waals surface area contributed by atoms with Crippen molar-refractivity contribution in [2.45, 2.75) is 0 Å². The number of carbonyl (C=O) groups excluding carboxylic acids is 1. The predicted molar refractivity (Wildman–Crippen MR) is 66.3 cm³/mol. The molecular weight excluding hydrogens is 262 g/mol. The number of halogens is 3. The Bertz CT molecular complexity index is 581. The van der Waals surface area contributed by atoms with Crippen molar-refractivity contribution in [2.24, 2.45) is 0 Å². The van der Waals surface area contributed by atoms with Crippen LogP contribution in [0.4, 0.5) is 4.39 Å². The Balaban J connectivity index is 2.44. The van der Waals surface area contributed by atoms with Gasteiger partial charge in [-0.25, -0.2) is 4.39 Å². The molecule has 1 nitrogen and oxygen atoms in total. The maximum absolute atomic E-state index is 13.4. The van der Waals surface area contributed by atoms with Gasteiger partial charge in [-0.3, -0.25) is 4.79 Å². The third-order valence-electron chi connectivity index (χ3n) is 2.30. The molecular formula is C13H7Cl2FO. The van der Waals surface area contributed by atoms with E-state index in [1.54, 1.807) is 6.07 Å². The van der Waals surface area contributed by atoms with E-state index in [9.17, 15) is 9.18 Å². The number of hydrogen-bond acceptors (Lipinski definition) is 1. The minimum atomic E-state index is -0.552. The maximum atomic E-state index is 13.4. The van der Waals surface area contributed by atoms with Gasteiger partial charge in [0.25, 0.3) is 0 Å². The van der Waals surface area contributed by atoms with Gasteiger partial charge in [0.2, 0.25) is 0 Å². The molecule has 0 radical (unpaired) electrons. The highest BCUT2D eigenvalue weighted by molar-refractivity contribution is 6.42. The van der Waals surface area contributed by atoms with E-state index in [0.29, 0.717) is 10.6 Å². The fraction of sp³-hybridized carbons (Fsp3) is 0. The molecule has 0 heterocycles. The molecule has 0 atom stereocenters. The second-order valence-electron chi connectivity index (χ2n) is 3.44. The van der Waals surface area contributed by atoms with Crippen molar-refractivity contribution in [1.82, 2.24) is 0 Å². The van der Waals surface area contributed by atoms with Gasteiger partial charge >= 0.3 is 0 Å². The predicted octanol–water partition coefficient (Wildman–Crippen LogP) is 4.36. The number of rotatable bonds is 2. The van der Waals surface area contributed by atoms with E-state index in [0.717, 1.165) is 0 Å². The highest BCUT2D eigenvalue weighted by Gasteiger charge is 2.14. The molecule has 0 unspecified atom stereocenters. The highest BCUT2D eigenvalue weighted by atomic mass is 35.5. The third kappa shape index (κ3) is 2.48. The largest absolute Gasteiger partial charge is 0.288 e. The average molecular weight is 269 g/mol. The quantitative estimate of drug-likeness (QED) is 0.740.